The Morgan fingerprint density at radius 3 is 2.70 bits per heavy atom. The third-order valence-electron chi connectivity index (χ3n) is 4.32. The summed E-state index contributed by atoms with van der Waals surface area (Å²) in [5.74, 6) is 6.84. The molecule has 124 valence electrons. The molecule has 1 fully saturated rings. The monoisotopic (exact) mass is 312 g/mol. The van der Waals surface area contributed by atoms with Crippen LogP contribution < -0.4 is 11.6 Å². The van der Waals surface area contributed by atoms with Crippen LogP contribution in [-0.2, 0) is 0 Å². The van der Waals surface area contributed by atoms with Crippen LogP contribution >= 0.6 is 0 Å². The van der Waals surface area contributed by atoms with E-state index in [1.54, 1.807) is 23.0 Å². The summed E-state index contributed by atoms with van der Waals surface area (Å²) in [5.41, 5.74) is 10.1. The van der Waals surface area contributed by atoms with Crippen LogP contribution in [0.5, 0.6) is 0 Å². The number of allylic oxidation sites excluding steroid dienone is 3. The molecule has 0 atom stereocenters. The van der Waals surface area contributed by atoms with Crippen molar-refractivity contribution in [1.82, 2.24) is 9.99 Å². The Morgan fingerprint density at radius 1 is 1.35 bits per heavy atom. The van der Waals surface area contributed by atoms with E-state index in [0.717, 1.165) is 18.0 Å². The van der Waals surface area contributed by atoms with Crippen LogP contribution in [0, 0.1) is 5.92 Å². The molecular formula is C19H28N4. The fourth-order valence-electron chi connectivity index (χ4n) is 2.74. The number of rotatable bonds is 7. The zero-order valence-corrected chi connectivity index (χ0v) is 14.2. The van der Waals surface area contributed by atoms with E-state index in [9.17, 15) is 0 Å². The largest absolute Gasteiger partial charge is 0.396 e. The molecule has 1 aromatic rings. The highest BCUT2D eigenvalue weighted by Crippen LogP contribution is 2.34. The zero-order chi connectivity index (χ0) is 16.7. The van der Waals surface area contributed by atoms with Crippen LogP contribution in [0.4, 0.5) is 0 Å². The Balaban J connectivity index is 1.94. The molecule has 1 aliphatic carbocycles. The topological polar surface area (TPSA) is 68.2 Å². The zero-order valence-electron chi connectivity index (χ0n) is 14.2. The van der Waals surface area contributed by atoms with Crippen molar-refractivity contribution >= 4 is 5.70 Å². The molecule has 2 rings (SSSR count). The SMILES string of the molecule is CC/C(=C\C=C(/C)CN(N)/C=C(\N)c1ccccn1)C1CCC1. The van der Waals surface area contributed by atoms with Crippen LogP contribution in [0.3, 0.4) is 0 Å². The van der Waals surface area contributed by atoms with E-state index < -0.39 is 0 Å². The second-order valence-electron chi connectivity index (χ2n) is 6.21. The predicted octanol–water partition coefficient (Wildman–Crippen LogP) is 3.60. The summed E-state index contributed by atoms with van der Waals surface area (Å²) < 4.78 is 0. The van der Waals surface area contributed by atoms with Gasteiger partial charge in [0.15, 0.2) is 0 Å². The lowest BCUT2D eigenvalue weighted by Gasteiger charge is -2.27. The van der Waals surface area contributed by atoms with Crippen molar-refractivity contribution in [2.75, 3.05) is 6.54 Å². The Labute approximate surface area is 139 Å². The van der Waals surface area contributed by atoms with Gasteiger partial charge in [-0.2, -0.15) is 0 Å². The molecular weight excluding hydrogens is 284 g/mol. The fraction of sp³-hybridized carbons (Fsp3) is 0.421. The number of hydrogen-bond acceptors (Lipinski definition) is 4. The summed E-state index contributed by atoms with van der Waals surface area (Å²) in [6, 6.07) is 5.65. The second kappa shape index (κ2) is 8.53. The van der Waals surface area contributed by atoms with Crippen LogP contribution in [-0.4, -0.2) is 16.5 Å². The molecule has 0 aliphatic heterocycles. The van der Waals surface area contributed by atoms with Gasteiger partial charge in [-0.25, -0.2) is 5.84 Å². The molecule has 0 bridgehead atoms. The molecule has 0 radical (unpaired) electrons. The summed E-state index contributed by atoms with van der Waals surface area (Å²) in [7, 11) is 0. The van der Waals surface area contributed by atoms with Gasteiger partial charge in [0.2, 0.25) is 0 Å². The Kier molecular flexibility index (Phi) is 6.41. The molecule has 0 amide bonds. The number of hydrazine groups is 1. The molecule has 4 nitrogen and oxygen atoms in total. The van der Waals surface area contributed by atoms with Gasteiger partial charge < -0.3 is 10.7 Å². The Hall–Kier alpha value is -2.07. The minimum Gasteiger partial charge on any atom is -0.396 e. The van der Waals surface area contributed by atoms with E-state index >= 15 is 0 Å². The summed E-state index contributed by atoms with van der Waals surface area (Å²) in [6.07, 6.45) is 13.1. The molecule has 1 saturated carbocycles. The number of hydrogen-bond donors (Lipinski definition) is 2. The molecule has 0 unspecified atom stereocenters. The van der Waals surface area contributed by atoms with Gasteiger partial charge in [-0.1, -0.05) is 42.7 Å². The lowest BCUT2D eigenvalue weighted by atomic mass is 9.78. The van der Waals surface area contributed by atoms with E-state index in [4.69, 9.17) is 11.6 Å². The maximum atomic E-state index is 6.04. The number of aromatic nitrogens is 1. The third kappa shape index (κ3) is 5.25. The summed E-state index contributed by atoms with van der Waals surface area (Å²) in [4.78, 5) is 4.22. The second-order valence-corrected chi connectivity index (χ2v) is 6.21. The van der Waals surface area contributed by atoms with Gasteiger partial charge in [0.05, 0.1) is 17.9 Å². The maximum Gasteiger partial charge on any atom is 0.0874 e. The first-order valence-electron chi connectivity index (χ1n) is 8.36. The van der Waals surface area contributed by atoms with Gasteiger partial charge >= 0.3 is 0 Å². The molecule has 0 saturated heterocycles. The van der Waals surface area contributed by atoms with Crippen LogP contribution in [0.25, 0.3) is 5.70 Å². The van der Waals surface area contributed by atoms with Crippen molar-refractivity contribution < 1.29 is 0 Å². The van der Waals surface area contributed by atoms with Gasteiger partial charge in [0.1, 0.15) is 0 Å². The average molecular weight is 312 g/mol. The first kappa shape index (κ1) is 17.3. The first-order valence-corrected chi connectivity index (χ1v) is 8.36. The number of pyridine rings is 1. The molecule has 4 heteroatoms. The lowest BCUT2D eigenvalue weighted by Crippen LogP contribution is -2.28. The molecule has 0 spiro atoms. The highest BCUT2D eigenvalue weighted by molar-refractivity contribution is 5.58. The molecule has 1 heterocycles. The van der Waals surface area contributed by atoms with Crippen molar-refractivity contribution in [2.45, 2.75) is 39.5 Å². The summed E-state index contributed by atoms with van der Waals surface area (Å²) in [5, 5.41) is 1.61. The van der Waals surface area contributed by atoms with Crippen molar-refractivity contribution in [3.05, 3.63) is 59.6 Å². The Bertz CT molecular complexity index is 583. The molecule has 1 aromatic heterocycles. The van der Waals surface area contributed by atoms with E-state index in [2.05, 4.69) is 31.0 Å². The van der Waals surface area contributed by atoms with Crippen LogP contribution in [0.2, 0.25) is 0 Å². The molecule has 4 N–H and O–H groups in total. The number of nitrogens with two attached hydrogens (primary N) is 2. The number of nitrogens with zero attached hydrogens (tertiary/aromatic N) is 2. The minimum atomic E-state index is 0.570. The Morgan fingerprint density at radius 2 is 2.13 bits per heavy atom. The normalized spacial score (nSPS) is 17.1. The highest BCUT2D eigenvalue weighted by atomic mass is 15.4. The molecule has 23 heavy (non-hydrogen) atoms. The van der Waals surface area contributed by atoms with E-state index in [1.165, 1.54) is 24.8 Å². The van der Waals surface area contributed by atoms with Gasteiger partial charge in [-0.05, 0) is 44.2 Å². The molecule has 1 aliphatic rings. The van der Waals surface area contributed by atoms with E-state index in [0.29, 0.717) is 12.2 Å². The third-order valence-corrected chi connectivity index (χ3v) is 4.32. The van der Waals surface area contributed by atoms with Gasteiger partial charge in [-0.3, -0.25) is 4.98 Å². The van der Waals surface area contributed by atoms with E-state index in [1.807, 2.05) is 18.2 Å². The van der Waals surface area contributed by atoms with Crippen LogP contribution in [0.15, 0.2) is 53.9 Å². The van der Waals surface area contributed by atoms with Crippen molar-refractivity contribution in [3.8, 4) is 0 Å². The first-order chi connectivity index (χ1) is 11.1. The van der Waals surface area contributed by atoms with E-state index in [-0.39, 0.29) is 0 Å². The molecule has 0 aromatic carbocycles. The van der Waals surface area contributed by atoms with Crippen molar-refractivity contribution in [2.24, 2.45) is 17.5 Å². The quantitative estimate of drug-likeness (QED) is 0.458. The minimum absolute atomic E-state index is 0.570. The van der Waals surface area contributed by atoms with Crippen LogP contribution in [0.1, 0.15) is 45.2 Å². The standard InChI is InChI=1S/C19H28N4/c1-3-16(17-7-6-8-17)11-10-15(2)13-23(21)14-18(20)19-9-4-5-12-22-19/h4-5,9-12,14,17H,3,6-8,13,20-21H2,1-2H3/b15-10+,16-11+,18-14-. The smallest absolute Gasteiger partial charge is 0.0874 e. The maximum absolute atomic E-state index is 6.04. The van der Waals surface area contributed by atoms with Gasteiger partial charge in [0.25, 0.3) is 0 Å². The predicted molar refractivity (Wildman–Crippen MR) is 96.8 cm³/mol. The lowest BCUT2D eigenvalue weighted by molar-refractivity contribution is 0.361. The van der Waals surface area contributed by atoms with Crippen molar-refractivity contribution in [1.29, 1.82) is 0 Å². The fourth-order valence-corrected chi connectivity index (χ4v) is 2.74. The average Bonchev–Trinajstić information content (AvgIpc) is 2.50. The highest BCUT2D eigenvalue weighted by Gasteiger charge is 2.19. The van der Waals surface area contributed by atoms with Gasteiger partial charge in [0, 0.05) is 12.4 Å². The summed E-state index contributed by atoms with van der Waals surface area (Å²) in [6.45, 7) is 4.97. The van der Waals surface area contributed by atoms with Gasteiger partial charge in [-0.15, -0.1) is 0 Å². The van der Waals surface area contributed by atoms with Crippen molar-refractivity contribution in [3.63, 3.8) is 0 Å². The summed E-state index contributed by atoms with van der Waals surface area (Å²) >= 11 is 0.